The molecule has 0 atom stereocenters. The first kappa shape index (κ1) is 23.1. The number of hydrogen-bond acceptors (Lipinski definition) is 6. The van der Waals surface area contributed by atoms with Gasteiger partial charge in [-0.05, 0) is 39.3 Å². The maximum absolute atomic E-state index is 14.1. The van der Waals surface area contributed by atoms with E-state index in [1.807, 2.05) is 31.7 Å². The molecular weight excluding hydrogens is 455 g/mol. The molecule has 1 saturated heterocycles. The zero-order chi connectivity index (χ0) is 24.9. The van der Waals surface area contributed by atoms with Gasteiger partial charge < -0.3 is 9.80 Å². The van der Waals surface area contributed by atoms with Crippen LogP contribution >= 0.6 is 0 Å². The van der Waals surface area contributed by atoms with Crippen LogP contribution in [0.15, 0.2) is 36.4 Å². The van der Waals surface area contributed by atoms with Gasteiger partial charge in [-0.15, -0.1) is 0 Å². The maximum atomic E-state index is 14.1. The Labute approximate surface area is 201 Å². The standard InChI is InChI=1S/C25H26F3N7/c1-15-5-7-19(8-6-15)21-22(25(26,27)28)32-35-20(14-18(4)29-23(21)35)33-9-11-34(12-10-33)24-30-16(2)13-17(3)31-24/h5-8,13-14H,9-12H2,1-4H3. The van der Waals surface area contributed by atoms with Gasteiger partial charge in [-0.3, -0.25) is 0 Å². The minimum atomic E-state index is -4.61. The van der Waals surface area contributed by atoms with Crippen LogP contribution < -0.4 is 9.80 Å². The summed E-state index contributed by atoms with van der Waals surface area (Å²) in [4.78, 5) is 17.7. The Kier molecular flexibility index (Phi) is 5.61. The third-order valence-corrected chi connectivity index (χ3v) is 6.16. The van der Waals surface area contributed by atoms with Gasteiger partial charge in [0.2, 0.25) is 5.95 Å². The second-order valence-electron chi connectivity index (χ2n) is 9.00. The van der Waals surface area contributed by atoms with Gasteiger partial charge >= 0.3 is 6.18 Å². The third kappa shape index (κ3) is 4.40. The van der Waals surface area contributed by atoms with Crippen molar-refractivity contribution in [1.29, 1.82) is 0 Å². The van der Waals surface area contributed by atoms with Crippen LogP contribution in [-0.2, 0) is 6.18 Å². The summed E-state index contributed by atoms with van der Waals surface area (Å²) in [5, 5.41) is 4.05. The van der Waals surface area contributed by atoms with Crippen LogP contribution in [0.3, 0.4) is 0 Å². The predicted molar refractivity (Wildman–Crippen MR) is 129 cm³/mol. The number of aryl methyl sites for hydroxylation is 4. The molecule has 0 bridgehead atoms. The van der Waals surface area contributed by atoms with E-state index >= 15 is 0 Å². The molecule has 1 aliphatic rings. The van der Waals surface area contributed by atoms with Gasteiger partial charge in [-0.1, -0.05) is 29.8 Å². The van der Waals surface area contributed by atoms with Gasteiger partial charge in [-0.2, -0.15) is 22.8 Å². The molecule has 7 nitrogen and oxygen atoms in total. The molecule has 0 radical (unpaired) electrons. The number of aromatic nitrogens is 5. The number of anilines is 2. The van der Waals surface area contributed by atoms with Crippen molar-refractivity contribution in [2.75, 3.05) is 36.0 Å². The predicted octanol–water partition coefficient (Wildman–Crippen LogP) is 4.77. The molecule has 0 amide bonds. The van der Waals surface area contributed by atoms with Crippen LogP contribution in [0.5, 0.6) is 0 Å². The van der Waals surface area contributed by atoms with Crippen molar-refractivity contribution in [3.05, 3.63) is 64.7 Å². The molecular formula is C25H26F3N7. The smallest absolute Gasteiger partial charge is 0.353 e. The Balaban J connectivity index is 1.55. The first-order chi connectivity index (χ1) is 16.6. The van der Waals surface area contributed by atoms with E-state index in [9.17, 15) is 13.2 Å². The van der Waals surface area contributed by atoms with E-state index in [1.165, 1.54) is 4.52 Å². The van der Waals surface area contributed by atoms with Crippen molar-refractivity contribution in [3.63, 3.8) is 0 Å². The minimum absolute atomic E-state index is 0.00437. The monoisotopic (exact) mass is 481 g/mol. The molecule has 5 rings (SSSR count). The average Bonchev–Trinajstić information content (AvgIpc) is 3.18. The fourth-order valence-corrected chi connectivity index (χ4v) is 4.51. The van der Waals surface area contributed by atoms with Crippen LogP contribution in [0.4, 0.5) is 24.9 Å². The van der Waals surface area contributed by atoms with Crippen LogP contribution in [0.2, 0.25) is 0 Å². The fourth-order valence-electron chi connectivity index (χ4n) is 4.51. The topological polar surface area (TPSA) is 62.5 Å². The lowest BCUT2D eigenvalue weighted by atomic mass is 10.0. The molecule has 0 aliphatic carbocycles. The molecule has 0 spiro atoms. The fraction of sp³-hybridized carbons (Fsp3) is 0.360. The number of alkyl halides is 3. The lowest BCUT2D eigenvalue weighted by molar-refractivity contribution is -0.140. The van der Waals surface area contributed by atoms with E-state index in [2.05, 4.69) is 25.0 Å². The van der Waals surface area contributed by atoms with E-state index in [1.54, 1.807) is 37.3 Å². The molecule has 182 valence electrons. The van der Waals surface area contributed by atoms with E-state index in [0.717, 1.165) is 17.0 Å². The van der Waals surface area contributed by atoms with E-state index in [4.69, 9.17) is 0 Å². The lowest BCUT2D eigenvalue weighted by Gasteiger charge is -2.36. The first-order valence-corrected chi connectivity index (χ1v) is 11.5. The Morgan fingerprint density at radius 3 is 1.91 bits per heavy atom. The van der Waals surface area contributed by atoms with Crippen molar-refractivity contribution in [2.24, 2.45) is 0 Å². The number of nitrogens with zero attached hydrogens (tertiary/aromatic N) is 7. The Bertz CT molecular complexity index is 1360. The summed E-state index contributed by atoms with van der Waals surface area (Å²) in [5.41, 5.74) is 3.13. The zero-order valence-corrected chi connectivity index (χ0v) is 20.1. The van der Waals surface area contributed by atoms with E-state index in [0.29, 0.717) is 49.2 Å². The second kappa shape index (κ2) is 8.51. The highest BCUT2D eigenvalue weighted by atomic mass is 19.4. The molecule has 3 aromatic heterocycles. The quantitative estimate of drug-likeness (QED) is 0.420. The summed E-state index contributed by atoms with van der Waals surface area (Å²) in [6.07, 6.45) is -4.61. The molecule has 0 saturated carbocycles. The first-order valence-electron chi connectivity index (χ1n) is 11.5. The summed E-state index contributed by atoms with van der Waals surface area (Å²) in [6.45, 7) is 10.0. The largest absolute Gasteiger partial charge is 0.435 e. The number of rotatable bonds is 3. The van der Waals surface area contributed by atoms with Crippen molar-refractivity contribution < 1.29 is 13.2 Å². The van der Waals surface area contributed by atoms with Crippen LogP contribution in [0.25, 0.3) is 16.8 Å². The summed E-state index contributed by atoms with van der Waals surface area (Å²) in [7, 11) is 0. The van der Waals surface area contributed by atoms with Crippen LogP contribution in [-0.4, -0.2) is 50.7 Å². The maximum Gasteiger partial charge on any atom is 0.435 e. The van der Waals surface area contributed by atoms with Gasteiger partial charge in [-0.25, -0.2) is 15.0 Å². The molecule has 10 heteroatoms. The highest BCUT2D eigenvalue weighted by Crippen LogP contribution is 2.39. The summed E-state index contributed by atoms with van der Waals surface area (Å²) in [5.74, 6) is 1.27. The SMILES string of the molecule is Cc1ccc(-c2c(C(F)(F)F)nn3c(N4CCN(c5nc(C)cc(C)n5)CC4)cc(C)nc23)cc1. The van der Waals surface area contributed by atoms with Crippen LogP contribution in [0.1, 0.15) is 28.3 Å². The van der Waals surface area contributed by atoms with Gasteiger partial charge in [0.1, 0.15) is 5.82 Å². The zero-order valence-electron chi connectivity index (χ0n) is 20.1. The number of halogens is 3. The summed E-state index contributed by atoms with van der Waals surface area (Å²) < 4.78 is 43.6. The van der Waals surface area contributed by atoms with Crippen LogP contribution in [0, 0.1) is 27.7 Å². The molecule has 1 fully saturated rings. The van der Waals surface area contributed by atoms with Gasteiger partial charge in [0, 0.05) is 49.3 Å². The van der Waals surface area contributed by atoms with E-state index in [-0.39, 0.29) is 11.2 Å². The lowest BCUT2D eigenvalue weighted by Crippen LogP contribution is -2.47. The highest BCUT2D eigenvalue weighted by Gasteiger charge is 2.39. The Morgan fingerprint density at radius 1 is 0.743 bits per heavy atom. The molecule has 4 heterocycles. The third-order valence-electron chi connectivity index (χ3n) is 6.16. The highest BCUT2D eigenvalue weighted by molar-refractivity contribution is 5.81. The average molecular weight is 482 g/mol. The van der Waals surface area contributed by atoms with E-state index < -0.39 is 11.9 Å². The molecule has 1 aromatic carbocycles. The normalized spacial score (nSPS) is 14.7. The molecule has 4 aromatic rings. The van der Waals surface area contributed by atoms with Crippen molar-refractivity contribution in [2.45, 2.75) is 33.9 Å². The summed E-state index contributed by atoms with van der Waals surface area (Å²) in [6, 6.07) is 10.7. The molecule has 0 unspecified atom stereocenters. The number of fused-ring (bicyclic) bond motifs is 1. The van der Waals surface area contributed by atoms with Crippen molar-refractivity contribution in [3.8, 4) is 11.1 Å². The number of benzene rings is 1. The van der Waals surface area contributed by atoms with Gasteiger partial charge in [0.05, 0.1) is 5.56 Å². The number of hydrogen-bond donors (Lipinski definition) is 0. The van der Waals surface area contributed by atoms with Gasteiger partial charge in [0.25, 0.3) is 0 Å². The molecule has 0 N–H and O–H groups in total. The van der Waals surface area contributed by atoms with Crippen molar-refractivity contribution in [1.82, 2.24) is 24.6 Å². The van der Waals surface area contributed by atoms with Gasteiger partial charge in [0.15, 0.2) is 11.3 Å². The molecule has 1 aliphatic heterocycles. The number of piperazine rings is 1. The Morgan fingerprint density at radius 2 is 1.31 bits per heavy atom. The molecule has 35 heavy (non-hydrogen) atoms. The second-order valence-corrected chi connectivity index (χ2v) is 9.00. The minimum Gasteiger partial charge on any atom is -0.353 e. The summed E-state index contributed by atoms with van der Waals surface area (Å²) >= 11 is 0. The Hall–Kier alpha value is -3.69. The van der Waals surface area contributed by atoms with Crippen molar-refractivity contribution >= 4 is 17.4 Å².